The van der Waals surface area contributed by atoms with Crippen molar-refractivity contribution in [3.05, 3.63) is 0 Å². The van der Waals surface area contributed by atoms with E-state index in [2.05, 4.69) is 6.92 Å². The normalized spacial score (nSPS) is 18.0. The van der Waals surface area contributed by atoms with Crippen LogP contribution in [0.25, 0.3) is 0 Å². The van der Waals surface area contributed by atoms with Crippen LogP contribution in [0.5, 0.6) is 0 Å². The number of hydrogen-bond donors (Lipinski definition) is 0. The van der Waals surface area contributed by atoms with Crippen molar-refractivity contribution in [2.75, 3.05) is 0 Å². The van der Waals surface area contributed by atoms with Gasteiger partial charge in [-0.2, -0.15) is 0 Å². The maximum absolute atomic E-state index is 5.78. The van der Waals surface area contributed by atoms with Crippen molar-refractivity contribution in [2.45, 2.75) is 37.4 Å². The zero-order valence-corrected chi connectivity index (χ0v) is 6.84. The van der Waals surface area contributed by atoms with E-state index >= 15 is 0 Å². The van der Waals surface area contributed by atoms with E-state index in [1.54, 1.807) is 0 Å². The fraction of sp³-hybridized carbons (Fsp3) is 1.00. The lowest BCUT2D eigenvalue weighted by molar-refractivity contribution is 0.717. The lowest BCUT2D eigenvalue weighted by Gasteiger charge is -2.05. The molecule has 0 saturated heterocycles. The van der Waals surface area contributed by atoms with Gasteiger partial charge >= 0.3 is 0 Å². The van der Waals surface area contributed by atoms with Gasteiger partial charge in [0.25, 0.3) is 0 Å². The first-order valence-electron chi connectivity index (χ1n) is 2.95. The molecule has 0 aliphatic heterocycles. The first kappa shape index (κ1) is 8.58. The monoisotopic (exact) mass is 154 g/mol. The summed E-state index contributed by atoms with van der Waals surface area (Å²) >= 11 is 11.4. The van der Waals surface area contributed by atoms with Crippen molar-refractivity contribution in [1.82, 2.24) is 0 Å². The molecule has 0 aromatic carbocycles. The number of halogens is 2. The molecule has 0 aliphatic carbocycles. The summed E-state index contributed by atoms with van der Waals surface area (Å²) < 4.78 is 0. The maximum Gasteiger partial charge on any atom is 0.0347 e. The molecule has 0 spiro atoms. The van der Waals surface area contributed by atoms with Crippen molar-refractivity contribution in [1.29, 1.82) is 0 Å². The fourth-order valence-electron chi connectivity index (χ4n) is 0.519. The van der Waals surface area contributed by atoms with Gasteiger partial charge in [0.2, 0.25) is 0 Å². The zero-order chi connectivity index (χ0) is 6.57. The highest BCUT2D eigenvalue weighted by molar-refractivity contribution is 6.23. The third-order valence-corrected chi connectivity index (χ3v) is 1.69. The summed E-state index contributed by atoms with van der Waals surface area (Å²) in [5, 5.41) is 0.486. The second kappa shape index (κ2) is 4.46. The van der Waals surface area contributed by atoms with Gasteiger partial charge in [0.15, 0.2) is 0 Å². The minimum atomic E-state index is 0.220. The zero-order valence-electron chi connectivity index (χ0n) is 5.32. The minimum Gasteiger partial charge on any atom is -0.123 e. The SMILES string of the molecule is CC[C@@H](Cl)C[C@@H](C)Cl. The molecule has 8 heavy (non-hydrogen) atoms. The Hall–Kier alpha value is 0.580. The van der Waals surface area contributed by atoms with Crippen LogP contribution in [-0.4, -0.2) is 10.8 Å². The molecule has 0 saturated carbocycles. The van der Waals surface area contributed by atoms with Crippen LogP contribution in [0.2, 0.25) is 0 Å². The van der Waals surface area contributed by atoms with E-state index in [-0.39, 0.29) is 10.8 Å². The third-order valence-electron chi connectivity index (χ3n) is 1.02. The van der Waals surface area contributed by atoms with Gasteiger partial charge in [0.05, 0.1) is 0 Å². The molecule has 0 amide bonds. The minimum absolute atomic E-state index is 0.220. The summed E-state index contributed by atoms with van der Waals surface area (Å²) in [7, 11) is 0. The average Bonchev–Trinajstić information content (AvgIpc) is 1.65. The van der Waals surface area contributed by atoms with Gasteiger partial charge in [-0.05, 0) is 19.8 Å². The van der Waals surface area contributed by atoms with E-state index in [9.17, 15) is 0 Å². The molecule has 0 N–H and O–H groups in total. The van der Waals surface area contributed by atoms with Gasteiger partial charge in [-0.15, -0.1) is 23.2 Å². The Morgan fingerprint density at radius 3 is 2.00 bits per heavy atom. The number of rotatable bonds is 3. The largest absolute Gasteiger partial charge is 0.123 e. The number of alkyl halides is 2. The molecule has 0 heterocycles. The van der Waals surface area contributed by atoms with Gasteiger partial charge in [-0.1, -0.05) is 6.92 Å². The van der Waals surface area contributed by atoms with Crippen LogP contribution in [0.4, 0.5) is 0 Å². The second-order valence-corrected chi connectivity index (χ2v) is 3.38. The first-order chi connectivity index (χ1) is 3.66. The molecule has 0 unspecified atom stereocenters. The van der Waals surface area contributed by atoms with Gasteiger partial charge < -0.3 is 0 Å². The second-order valence-electron chi connectivity index (χ2n) is 2.02. The first-order valence-corrected chi connectivity index (χ1v) is 3.82. The molecule has 2 atom stereocenters. The fourth-order valence-corrected chi connectivity index (χ4v) is 1.09. The molecule has 0 aromatic heterocycles. The highest BCUT2D eigenvalue weighted by atomic mass is 35.5. The van der Waals surface area contributed by atoms with Crippen LogP contribution in [0.1, 0.15) is 26.7 Å². The summed E-state index contributed by atoms with van der Waals surface area (Å²) in [6.07, 6.45) is 1.93. The molecular formula is C6H12Cl2. The molecule has 0 radical (unpaired) electrons. The Morgan fingerprint density at radius 1 is 1.38 bits per heavy atom. The highest BCUT2D eigenvalue weighted by Gasteiger charge is 2.04. The Bertz CT molecular complexity index is 52.5. The predicted molar refractivity (Wildman–Crippen MR) is 39.9 cm³/mol. The lowest BCUT2D eigenvalue weighted by atomic mass is 10.2. The summed E-state index contributed by atoms with van der Waals surface area (Å²) in [4.78, 5) is 0. The quantitative estimate of drug-likeness (QED) is 0.549. The molecular weight excluding hydrogens is 143 g/mol. The lowest BCUT2D eigenvalue weighted by Crippen LogP contribution is -2.02. The van der Waals surface area contributed by atoms with Crippen molar-refractivity contribution >= 4 is 23.2 Å². The predicted octanol–water partition coefficient (Wildman–Crippen LogP) is 3.02. The van der Waals surface area contributed by atoms with Gasteiger partial charge in [-0.3, -0.25) is 0 Å². The topological polar surface area (TPSA) is 0 Å². The Balaban J connectivity index is 3.10. The molecule has 50 valence electrons. The van der Waals surface area contributed by atoms with Crippen molar-refractivity contribution in [3.63, 3.8) is 0 Å². The van der Waals surface area contributed by atoms with Gasteiger partial charge in [0, 0.05) is 10.8 Å². The summed E-state index contributed by atoms with van der Waals surface area (Å²) in [5.41, 5.74) is 0. The molecule has 0 aromatic rings. The van der Waals surface area contributed by atoms with Crippen molar-refractivity contribution < 1.29 is 0 Å². The third kappa shape index (κ3) is 4.73. The van der Waals surface area contributed by atoms with Crippen LogP contribution in [-0.2, 0) is 0 Å². The Morgan fingerprint density at radius 2 is 1.88 bits per heavy atom. The van der Waals surface area contributed by atoms with Crippen LogP contribution in [0, 0.1) is 0 Å². The van der Waals surface area contributed by atoms with Crippen molar-refractivity contribution in [2.24, 2.45) is 0 Å². The summed E-state index contributed by atoms with van der Waals surface area (Å²) in [6.45, 7) is 4.03. The summed E-state index contributed by atoms with van der Waals surface area (Å²) in [5.74, 6) is 0. The van der Waals surface area contributed by atoms with E-state index in [1.807, 2.05) is 6.92 Å². The van der Waals surface area contributed by atoms with Gasteiger partial charge in [-0.25, -0.2) is 0 Å². The van der Waals surface area contributed by atoms with Gasteiger partial charge in [0.1, 0.15) is 0 Å². The molecule has 0 bridgehead atoms. The van der Waals surface area contributed by atoms with E-state index < -0.39 is 0 Å². The van der Waals surface area contributed by atoms with E-state index in [1.165, 1.54) is 0 Å². The summed E-state index contributed by atoms with van der Waals surface area (Å²) in [6, 6.07) is 0. The smallest absolute Gasteiger partial charge is 0.0347 e. The van der Waals surface area contributed by atoms with E-state index in [0.29, 0.717) is 0 Å². The molecule has 0 fully saturated rings. The maximum atomic E-state index is 5.78. The Labute approximate surface area is 61.2 Å². The van der Waals surface area contributed by atoms with E-state index in [4.69, 9.17) is 23.2 Å². The average molecular weight is 155 g/mol. The van der Waals surface area contributed by atoms with E-state index in [0.717, 1.165) is 12.8 Å². The van der Waals surface area contributed by atoms with Crippen LogP contribution in [0.15, 0.2) is 0 Å². The molecule has 0 aliphatic rings. The Kier molecular flexibility index (Phi) is 4.78. The van der Waals surface area contributed by atoms with Crippen LogP contribution in [0.3, 0.4) is 0 Å². The van der Waals surface area contributed by atoms with Crippen LogP contribution >= 0.6 is 23.2 Å². The molecule has 0 nitrogen and oxygen atoms in total. The molecule has 2 heteroatoms. The number of hydrogen-bond acceptors (Lipinski definition) is 0. The van der Waals surface area contributed by atoms with Crippen molar-refractivity contribution in [3.8, 4) is 0 Å². The van der Waals surface area contributed by atoms with Crippen LogP contribution < -0.4 is 0 Å². The molecule has 0 rings (SSSR count). The highest BCUT2D eigenvalue weighted by Crippen LogP contribution is 2.12. The standard InChI is InChI=1S/C6H12Cl2/c1-3-6(8)4-5(2)7/h5-6H,3-4H2,1-2H3/t5-,6-/m1/s1.